The number of benzene rings is 7. The second kappa shape index (κ2) is 10.5. The number of hydrogen-bond donors (Lipinski definition) is 0. The van der Waals surface area contributed by atoms with Crippen LogP contribution in [0.25, 0.3) is 94.4 Å². The molecular weight excluding hydrogens is 589 g/mol. The predicted molar refractivity (Wildman–Crippen MR) is 195 cm³/mol. The number of hydrogen-bond acceptors (Lipinski definition) is 4. The Morgan fingerprint density at radius 3 is 1.92 bits per heavy atom. The quantitative estimate of drug-likeness (QED) is 0.198. The van der Waals surface area contributed by atoms with Gasteiger partial charge in [0.15, 0.2) is 17.5 Å². The van der Waals surface area contributed by atoms with Crippen LogP contribution in [0.3, 0.4) is 0 Å². The van der Waals surface area contributed by atoms with Gasteiger partial charge in [-0.3, -0.25) is 0 Å². The number of fused-ring (bicyclic) bond motifs is 7. The van der Waals surface area contributed by atoms with E-state index in [4.69, 9.17) is 19.4 Å². The zero-order valence-corrected chi connectivity index (χ0v) is 25.7. The van der Waals surface area contributed by atoms with Gasteiger partial charge in [0.25, 0.3) is 0 Å². The largest absolute Gasteiger partial charge is 0.456 e. The molecule has 10 aromatic rings. The average Bonchev–Trinajstić information content (AvgIpc) is 3.69. The molecule has 0 aliphatic heterocycles. The minimum atomic E-state index is 0.596. The van der Waals surface area contributed by atoms with Crippen molar-refractivity contribution in [1.82, 2.24) is 19.5 Å². The summed E-state index contributed by atoms with van der Waals surface area (Å²) in [5.74, 6) is 1.81. The van der Waals surface area contributed by atoms with E-state index >= 15 is 0 Å². The second-order valence-corrected chi connectivity index (χ2v) is 12.0. The van der Waals surface area contributed by atoms with E-state index in [0.717, 1.165) is 55.3 Å². The first kappa shape index (κ1) is 26.6. The first-order chi connectivity index (χ1) is 23.8. The predicted octanol–water partition coefficient (Wildman–Crippen LogP) is 11.0. The molecule has 0 radical (unpaired) electrons. The van der Waals surface area contributed by atoms with Gasteiger partial charge in [-0.1, -0.05) is 115 Å². The number of para-hydroxylation sites is 3. The third-order valence-corrected chi connectivity index (χ3v) is 9.24. The van der Waals surface area contributed by atoms with E-state index in [1.807, 2.05) is 60.7 Å². The Morgan fingerprint density at radius 2 is 1.04 bits per heavy atom. The maximum Gasteiger partial charge on any atom is 0.166 e. The molecule has 3 aromatic heterocycles. The number of aromatic nitrogens is 4. The maximum absolute atomic E-state index is 6.25. The molecule has 0 bridgehead atoms. The fraction of sp³-hybridized carbons (Fsp3) is 0. The first-order valence-corrected chi connectivity index (χ1v) is 16.0. The summed E-state index contributed by atoms with van der Waals surface area (Å²) in [6.07, 6.45) is 0. The highest BCUT2D eigenvalue weighted by Crippen LogP contribution is 2.39. The first-order valence-electron chi connectivity index (χ1n) is 16.0. The van der Waals surface area contributed by atoms with Crippen LogP contribution in [0.4, 0.5) is 0 Å². The van der Waals surface area contributed by atoms with Crippen LogP contribution in [0.1, 0.15) is 0 Å². The Hall–Kier alpha value is -6.59. The van der Waals surface area contributed by atoms with Gasteiger partial charge >= 0.3 is 0 Å². The van der Waals surface area contributed by atoms with Crippen LogP contribution in [-0.4, -0.2) is 19.5 Å². The van der Waals surface area contributed by atoms with Gasteiger partial charge in [0.2, 0.25) is 0 Å². The lowest BCUT2D eigenvalue weighted by molar-refractivity contribution is 0.669. The van der Waals surface area contributed by atoms with Gasteiger partial charge in [-0.25, -0.2) is 15.0 Å². The van der Waals surface area contributed by atoms with Gasteiger partial charge in [0.05, 0.1) is 16.7 Å². The van der Waals surface area contributed by atoms with E-state index in [2.05, 4.69) is 102 Å². The van der Waals surface area contributed by atoms with Crippen LogP contribution in [0.5, 0.6) is 0 Å². The zero-order chi connectivity index (χ0) is 31.6. The van der Waals surface area contributed by atoms with Crippen molar-refractivity contribution in [3.63, 3.8) is 0 Å². The lowest BCUT2D eigenvalue weighted by atomic mass is 10.1. The zero-order valence-electron chi connectivity index (χ0n) is 25.7. The highest BCUT2D eigenvalue weighted by atomic mass is 16.3. The molecule has 10 rings (SSSR count). The summed E-state index contributed by atoms with van der Waals surface area (Å²) in [5.41, 5.74) is 7.64. The van der Waals surface area contributed by atoms with Gasteiger partial charge in [-0.05, 0) is 53.2 Å². The molecule has 0 spiro atoms. The lowest BCUT2D eigenvalue weighted by Gasteiger charge is -2.15. The molecule has 0 amide bonds. The molecule has 5 nitrogen and oxygen atoms in total. The highest BCUT2D eigenvalue weighted by molar-refractivity contribution is 6.14. The van der Waals surface area contributed by atoms with E-state index in [-0.39, 0.29) is 0 Å². The molecule has 0 aliphatic rings. The third kappa shape index (κ3) is 4.08. The van der Waals surface area contributed by atoms with Crippen LogP contribution in [0.15, 0.2) is 162 Å². The van der Waals surface area contributed by atoms with E-state index in [1.54, 1.807) is 0 Å². The van der Waals surface area contributed by atoms with Crippen LogP contribution >= 0.6 is 0 Å². The number of rotatable bonds is 4. The smallest absolute Gasteiger partial charge is 0.166 e. The molecule has 0 fully saturated rings. The maximum atomic E-state index is 6.25. The van der Waals surface area contributed by atoms with Crippen molar-refractivity contribution in [2.75, 3.05) is 0 Å². The Balaban J connectivity index is 1.27. The van der Waals surface area contributed by atoms with Crippen LogP contribution in [0, 0.1) is 0 Å². The fourth-order valence-electron chi connectivity index (χ4n) is 7.07. The monoisotopic (exact) mass is 614 g/mol. The summed E-state index contributed by atoms with van der Waals surface area (Å²) in [5, 5.41) is 6.85. The summed E-state index contributed by atoms with van der Waals surface area (Å²) in [7, 11) is 0. The third-order valence-electron chi connectivity index (χ3n) is 9.24. The van der Waals surface area contributed by atoms with Gasteiger partial charge in [0.1, 0.15) is 11.2 Å². The van der Waals surface area contributed by atoms with E-state index in [1.165, 1.54) is 21.5 Å². The summed E-state index contributed by atoms with van der Waals surface area (Å²) in [6, 6.07) is 54.5. The lowest BCUT2D eigenvalue weighted by Crippen LogP contribution is -2.03. The van der Waals surface area contributed by atoms with Crippen molar-refractivity contribution in [3.8, 4) is 39.9 Å². The summed E-state index contributed by atoms with van der Waals surface area (Å²) in [4.78, 5) is 15.5. The molecule has 0 saturated heterocycles. The average molecular weight is 615 g/mol. The topological polar surface area (TPSA) is 56.7 Å². The Kier molecular flexibility index (Phi) is 5.81. The fourth-order valence-corrected chi connectivity index (χ4v) is 7.07. The molecule has 3 heterocycles. The van der Waals surface area contributed by atoms with E-state index in [0.29, 0.717) is 17.5 Å². The van der Waals surface area contributed by atoms with Crippen molar-refractivity contribution in [3.05, 3.63) is 158 Å². The van der Waals surface area contributed by atoms with Crippen molar-refractivity contribution in [2.45, 2.75) is 0 Å². The van der Waals surface area contributed by atoms with Crippen LogP contribution in [0.2, 0.25) is 0 Å². The molecule has 7 aromatic carbocycles. The molecule has 0 aliphatic carbocycles. The van der Waals surface area contributed by atoms with Gasteiger partial charge in [0, 0.05) is 38.2 Å². The Bertz CT molecular complexity index is 2850. The van der Waals surface area contributed by atoms with E-state index < -0.39 is 0 Å². The van der Waals surface area contributed by atoms with Crippen molar-refractivity contribution < 1.29 is 4.42 Å². The van der Waals surface area contributed by atoms with Crippen molar-refractivity contribution in [2.24, 2.45) is 0 Å². The molecule has 0 atom stereocenters. The second-order valence-electron chi connectivity index (χ2n) is 12.0. The molecule has 0 N–H and O–H groups in total. The highest BCUT2D eigenvalue weighted by Gasteiger charge is 2.21. The van der Waals surface area contributed by atoms with Gasteiger partial charge in [-0.2, -0.15) is 0 Å². The molecular formula is C43H26N4O. The number of furan rings is 1. The normalized spacial score (nSPS) is 11.8. The SMILES string of the molecule is c1ccc(-c2nc(-c3ccccc3-n3c4ccccc4c4cc5ccccc5cc43)nc(-c3cccc4oc5ccccc5c34)n2)cc1. The van der Waals surface area contributed by atoms with Gasteiger partial charge < -0.3 is 8.98 Å². The van der Waals surface area contributed by atoms with Crippen molar-refractivity contribution >= 4 is 54.5 Å². The van der Waals surface area contributed by atoms with Crippen molar-refractivity contribution in [1.29, 1.82) is 0 Å². The molecule has 5 heteroatoms. The van der Waals surface area contributed by atoms with Gasteiger partial charge in [-0.15, -0.1) is 0 Å². The van der Waals surface area contributed by atoms with Crippen LogP contribution in [-0.2, 0) is 0 Å². The Morgan fingerprint density at radius 1 is 0.417 bits per heavy atom. The number of nitrogens with zero attached hydrogens (tertiary/aromatic N) is 4. The summed E-state index contributed by atoms with van der Waals surface area (Å²) >= 11 is 0. The molecule has 0 saturated carbocycles. The molecule has 0 unspecified atom stereocenters. The Labute approximate surface area is 275 Å². The van der Waals surface area contributed by atoms with E-state index in [9.17, 15) is 0 Å². The molecule has 224 valence electrons. The standard InChI is InChI=1S/C43H26N4O/c1-2-13-27(14-3-1)41-44-42(46-43(45-41)33-20-12-24-39-40(33)32-19-8-11-23-38(32)48-39)31-18-7-10-22-36(31)47-35-21-9-6-17-30(35)34-25-28-15-4-5-16-29(28)26-37(34)47/h1-26H. The molecule has 48 heavy (non-hydrogen) atoms. The summed E-state index contributed by atoms with van der Waals surface area (Å²) < 4.78 is 8.60. The summed E-state index contributed by atoms with van der Waals surface area (Å²) in [6.45, 7) is 0. The van der Waals surface area contributed by atoms with Crippen LogP contribution < -0.4 is 0 Å². The minimum absolute atomic E-state index is 0.596. The minimum Gasteiger partial charge on any atom is -0.456 e.